The molecule has 0 aliphatic heterocycles. The van der Waals surface area contributed by atoms with Crippen molar-refractivity contribution in [3.63, 3.8) is 0 Å². The highest BCUT2D eigenvalue weighted by Gasteiger charge is 2.23. The second-order valence-electron chi connectivity index (χ2n) is 6.25. The first-order valence-electron chi connectivity index (χ1n) is 7.02. The molecule has 0 amide bonds. The maximum absolute atomic E-state index is 6.41. The van der Waals surface area contributed by atoms with Gasteiger partial charge in [0.05, 0.1) is 5.02 Å². The van der Waals surface area contributed by atoms with Gasteiger partial charge < -0.3 is 10.2 Å². The van der Waals surface area contributed by atoms with Crippen molar-refractivity contribution >= 4 is 17.4 Å². The number of nitrogens with one attached hydrogen (secondary N) is 1. The van der Waals surface area contributed by atoms with Gasteiger partial charge in [-0.1, -0.05) is 31.5 Å². The lowest BCUT2D eigenvalue weighted by Crippen LogP contribution is -2.42. The van der Waals surface area contributed by atoms with Gasteiger partial charge in [-0.05, 0) is 32.4 Å². The second kappa shape index (κ2) is 7.09. The molecule has 0 aliphatic rings. The number of hydrogen-bond acceptors (Lipinski definition) is 3. The van der Waals surface area contributed by atoms with Crippen LogP contribution >= 0.6 is 11.6 Å². The Bertz CT molecular complexity index is 450. The molecule has 1 heterocycles. The molecular weight excluding hydrogens is 270 g/mol. The van der Waals surface area contributed by atoms with Gasteiger partial charge in [0.25, 0.3) is 0 Å². The van der Waals surface area contributed by atoms with E-state index in [2.05, 4.69) is 56.4 Å². The van der Waals surface area contributed by atoms with E-state index in [1.165, 1.54) is 0 Å². The zero-order chi connectivity index (χ0) is 15.3. The Morgan fingerprint density at radius 1 is 1.45 bits per heavy atom. The van der Waals surface area contributed by atoms with Crippen LogP contribution < -0.4 is 10.2 Å². The largest absolute Gasteiger partial charge is 0.347 e. The van der Waals surface area contributed by atoms with Crippen molar-refractivity contribution < 1.29 is 0 Å². The number of pyridine rings is 1. The van der Waals surface area contributed by atoms with Gasteiger partial charge in [0.15, 0.2) is 0 Å². The molecule has 0 spiro atoms. The van der Waals surface area contributed by atoms with Crippen molar-refractivity contribution in [2.24, 2.45) is 0 Å². The maximum atomic E-state index is 6.41. The van der Waals surface area contributed by atoms with Crippen LogP contribution in [0, 0.1) is 0 Å². The van der Waals surface area contributed by atoms with Crippen LogP contribution in [0.25, 0.3) is 0 Å². The molecule has 3 nitrogen and oxygen atoms in total. The van der Waals surface area contributed by atoms with Crippen LogP contribution in [-0.2, 0) is 6.54 Å². The molecular formula is C16H26ClN3. The van der Waals surface area contributed by atoms with Crippen LogP contribution in [0.15, 0.2) is 24.9 Å². The lowest BCUT2D eigenvalue weighted by molar-refractivity contribution is 0.517. The fraction of sp³-hybridized carbons (Fsp3) is 0.562. The minimum Gasteiger partial charge on any atom is -0.347 e. The summed E-state index contributed by atoms with van der Waals surface area (Å²) in [5, 5.41) is 4.05. The maximum Gasteiger partial charge on any atom is 0.148 e. The summed E-state index contributed by atoms with van der Waals surface area (Å²) in [6, 6.07) is 2.43. The van der Waals surface area contributed by atoms with Crippen LogP contribution in [0.4, 0.5) is 5.82 Å². The summed E-state index contributed by atoms with van der Waals surface area (Å²) >= 11 is 6.41. The standard InChI is InChI=1S/C16H26ClN3/c1-7-8-20(16(4,5)6)15-14(17)9-13(11-19-15)10-18-12(2)3/h7,9,11-12,18H,1,8,10H2,2-6H3. The first kappa shape index (κ1) is 17.0. The van der Waals surface area contributed by atoms with Gasteiger partial charge in [0.1, 0.15) is 5.82 Å². The summed E-state index contributed by atoms with van der Waals surface area (Å²) in [6.07, 6.45) is 3.76. The van der Waals surface area contributed by atoms with Crippen LogP contribution in [0.1, 0.15) is 40.2 Å². The Balaban J connectivity index is 2.98. The zero-order valence-corrected chi connectivity index (χ0v) is 14.0. The number of aromatic nitrogens is 1. The molecule has 1 N–H and O–H groups in total. The van der Waals surface area contributed by atoms with E-state index in [0.717, 1.165) is 24.5 Å². The summed E-state index contributed by atoms with van der Waals surface area (Å²) in [7, 11) is 0. The lowest BCUT2D eigenvalue weighted by atomic mass is 10.1. The van der Waals surface area contributed by atoms with Crippen molar-refractivity contribution in [3.05, 3.63) is 35.5 Å². The van der Waals surface area contributed by atoms with E-state index in [1.54, 1.807) is 0 Å². The Labute approximate surface area is 128 Å². The number of halogens is 1. The molecule has 112 valence electrons. The normalized spacial score (nSPS) is 11.8. The first-order chi connectivity index (χ1) is 9.25. The van der Waals surface area contributed by atoms with Gasteiger partial charge in [0, 0.05) is 30.9 Å². The molecule has 20 heavy (non-hydrogen) atoms. The molecule has 0 aliphatic carbocycles. The van der Waals surface area contributed by atoms with E-state index in [-0.39, 0.29) is 5.54 Å². The number of rotatable bonds is 6. The number of anilines is 1. The highest BCUT2D eigenvalue weighted by molar-refractivity contribution is 6.33. The molecule has 0 saturated carbocycles. The number of hydrogen-bond donors (Lipinski definition) is 1. The smallest absolute Gasteiger partial charge is 0.148 e. The second-order valence-corrected chi connectivity index (χ2v) is 6.66. The van der Waals surface area contributed by atoms with E-state index < -0.39 is 0 Å². The van der Waals surface area contributed by atoms with Crippen LogP contribution in [0.5, 0.6) is 0 Å². The minimum absolute atomic E-state index is 0.0530. The zero-order valence-electron chi connectivity index (χ0n) is 13.2. The monoisotopic (exact) mass is 295 g/mol. The summed E-state index contributed by atoms with van der Waals surface area (Å²) in [6.45, 7) is 16.0. The van der Waals surface area contributed by atoms with Gasteiger partial charge in [-0.3, -0.25) is 0 Å². The molecule has 0 radical (unpaired) electrons. The van der Waals surface area contributed by atoms with Gasteiger partial charge in [0.2, 0.25) is 0 Å². The highest BCUT2D eigenvalue weighted by atomic mass is 35.5. The average Bonchev–Trinajstić information content (AvgIpc) is 2.33. The van der Waals surface area contributed by atoms with Crippen LogP contribution in [-0.4, -0.2) is 23.1 Å². The van der Waals surface area contributed by atoms with Gasteiger partial charge in [-0.25, -0.2) is 4.98 Å². The summed E-state index contributed by atoms with van der Waals surface area (Å²) in [4.78, 5) is 6.70. The molecule has 0 bridgehead atoms. The third-order valence-corrected chi connectivity index (χ3v) is 3.25. The van der Waals surface area contributed by atoms with Crippen LogP contribution in [0.2, 0.25) is 5.02 Å². The quantitative estimate of drug-likeness (QED) is 0.803. The van der Waals surface area contributed by atoms with E-state index in [9.17, 15) is 0 Å². The lowest BCUT2D eigenvalue weighted by Gasteiger charge is -2.36. The molecule has 0 fully saturated rings. The van der Waals surface area contributed by atoms with Crippen molar-refractivity contribution in [3.8, 4) is 0 Å². The van der Waals surface area contributed by atoms with E-state index in [0.29, 0.717) is 11.1 Å². The van der Waals surface area contributed by atoms with E-state index in [4.69, 9.17) is 11.6 Å². The topological polar surface area (TPSA) is 28.2 Å². The van der Waals surface area contributed by atoms with Gasteiger partial charge in [-0.15, -0.1) is 6.58 Å². The predicted molar refractivity (Wildman–Crippen MR) is 88.5 cm³/mol. The fourth-order valence-electron chi connectivity index (χ4n) is 1.89. The average molecular weight is 296 g/mol. The number of nitrogens with zero attached hydrogens (tertiary/aromatic N) is 2. The molecule has 1 aromatic rings. The van der Waals surface area contributed by atoms with Crippen LogP contribution in [0.3, 0.4) is 0 Å². The van der Waals surface area contributed by atoms with Crippen molar-refractivity contribution in [2.45, 2.75) is 52.7 Å². The Hall–Kier alpha value is -1.06. The Morgan fingerprint density at radius 3 is 2.55 bits per heavy atom. The molecule has 0 saturated heterocycles. The molecule has 1 rings (SSSR count). The summed E-state index contributed by atoms with van der Waals surface area (Å²) < 4.78 is 0. The van der Waals surface area contributed by atoms with E-state index >= 15 is 0 Å². The SMILES string of the molecule is C=CCN(c1ncc(CNC(C)C)cc1Cl)C(C)(C)C. The predicted octanol–water partition coefficient (Wildman–Crippen LogP) is 4.02. The summed E-state index contributed by atoms with van der Waals surface area (Å²) in [5.74, 6) is 0.812. The van der Waals surface area contributed by atoms with Crippen molar-refractivity contribution in [1.82, 2.24) is 10.3 Å². The Kier molecular flexibility index (Phi) is 6.03. The molecule has 0 atom stereocenters. The minimum atomic E-state index is -0.0530. The molecule has 4 heteroatoms. The molecule has 1 aromatic heterocycles. The van der Waals surface area contributed by atoms with Gasteiger partial charge in [-0.2, -0.15) is 0 Å². The Morgan fingerprint density at radius 2 is 2.10 bits per heavy atom. The molecule has 0 aromatic carbocycles. The van der Waals surface area contributed by atoms with Crippen molar-refractivity contribution in [1.29, 1.82) is 0 Å². The fourth-order valence-corrected chi connectivity index (χ4v) is 2.19. The van der Waals surface area contributed by atoms with Crippen molar-refractivity contribution in [2.75, 3.05) is 11.4 Å². The van der Waals surface area contributed by atoms with Gasteiger partial charge >= 0.3 is 0 Å². The molecule has 0 unspecified atom stereocenters. The van der Waals surface area contributed by atoms with E-state index in [1.807, 2.05) is 18.3 Å². The highest BCUT2D eigenvalue weighted by Crippen LogP contribution is 2.29. The third-order valence-electron chi connectivity index (χ3n) is 2.97. The first-order valence-corrected chi connectivity index (χ1v) is 7.40. The summed E-state index contributed by atoms with van der Waals surface area (Å²) in [5.41, 5.74) is 1.04. The third kappa shape index (κ3) is 4.80.